The Labute approximate surface area is 189 Å². The molecule has 0 fully saturated rings. The Balaban J connectivity index is 2.46. The van der Waals surface area contributed by atoms with Gasteiger partial charge in [-0.05, 0) is 52.5 Å². The molecule has 0 radical (unpaired) electrons. The van der Waals surface area contributed by atoms with Crippen molar-refractivity contribution in [3.8, 4) is 28.7 Å². The van der Waals surface area contributed by atoms with E-state index in [1.54, 1.807) is 0 Å². The molecule has 0 heterocycles. The third-order valence-electron chi connectivity index (χ3n) is 5.16. The van der Waals surface area contributed by atoms with Gasteiger partial charge < -0.3 is 25.2 Å². The Morgan fingerprint density at radius 3 is 1.97 bits per heavy atom. The van der Waals surface area contributed by atoms with Crippen LogP contribution in [0, 0.1) is 0 Å². The average molecular weight is 441 g/mol. The molecule has 0 aromatic heterocycles. The number of aromatic hydroxyl groups is 4. The zero-order valence-corrected chi connectivity index (χ0v) is 19.3. The summed E-state index contributed by atoms with van der Waals surface area (Å²) in [6.07, 6.45) is 5.38. The molecule has 0 unspecified atom stereocenters. The molecule has 0 aliphatic heterocycles. The first-order valence-electron chi connectivity index (χ1n) is 10.5. The molecule has 0 amide bonds. The summed E-state index contributed by atoms with van der Waals surface area (Å²) >= 11 is 0. The number of aryl methyl sites for hydroxylation is 1. The Bertz CT molecular complexity index is 1030. The number of phenols is 4. The molecule has 32 heavy (non-hydrogen) atoms. The van der Waals surface area contributed by atoms with Crippen LogP contribution in [0.25, 0.3) is 0 Å². The monoisotopic (exact) mass is 440 g/mol. The van der Waals surface area contributed by atoms with E-state index in [2.05, 4.69) is 0 Å². The second-order valence-corrected chi connectivity index (χ2v) is 8.31. The van der Waals surface area contributed by atoms with Crippen LogP contribution in [0.3, 0.4) is 0 Å². The van der Waals surface area contributed by atoms with E-state index >= 15 is 0 Å². The highest BCUT2D eigenvalue weighted by Crippen LogP contribution is 2.39. The molecule has 4 N–H and O–H groups in total. The van der Waals surface area contributed by atoms with Crippen molar-refractivity contribution in [3.05, 3.63) is 63.8 Å². The Morgan fingerprint density at radius 1 is 0.875 bits per heavy atom. The normalized spacial score (nSPS) is 10.5. The van der Waals surface area contributed by atoms with E-state index in [1.165, 1.54) is 7.11 Å². The van der Waals surface area contributed by atoms with Crippen molar-refractivity contribution >= 4 is 5.78 Å². The van der Waals surface area contributed by atoms with Crippen molar-refractivity contribution in [1.82, 2.24) is 0 Å². The lowest BCUT2D eigenvalue weighted by atomic mass is 9.92. The highest BCUT2D eigenvalue weighted by atomic mass is 16.5. The maximum atomic E-state index is 12.7. The Morgan fingerprint density at radius 2 is 1.44 bits per heavy atom. The Kier molecular flexibility index (Phi) is 8.35. The van der Waals surface area contributed by atoms with Gasteiger partial charge in [0.25, 0.3) is 0 Å². The maximum absolute atomic E-state index is 12.7. The lowest BCUT2D eigenvalue weighted by Crippen LogP contribution is -2.06. The summed E-state index contributed by atoms with van der Waals surface area (Å²) in [5.74, 6) is -1.26. The number of methoxy groups -OCH3 is 1. The van der Waals surface area contributed by atoms with Gasteiger partial charge in [0.2, 0.25) is 0 Å². The highest BCUT2D eigenvalue weighted by molar-refractivity contribution is 6.01. The van der Waals surface area contributed by atoms with Crippen LogP contribution < -0.4 is 4.74 Å². The smallest absolute Gasteiger partial charge is 0.170 e. The maximum Gasteiger partial charge on any atom is 0.170 e. The zero-order valence-electron chi connectivity index (χ0n) is 19.3. The largest absolute Gasteiger partial charge is 0.508 e. The highest BCUT2D eigenvalue weighted by Gasteiger charge is 2.21. The minimum atomic E-state index is -0.473. The topological polar surface area (TPSA) is 107 Å². The fraction of sp³-hybridized carbons (Fsp3) is 0.346. The van der Waals surface area contributed by atoms with Crippen molar-refractivity contribution in [1.29, 1.82) is 0 Å². The fourth-order valence-electron chi connectivity index (χ4n) is 3.51. The molecular weight excluding hydrogens is 408 g/mol. The van der Waals surface area contributed by atoms with Crippen LogP contribution in [-0.4, -0.2) is 33.3 Å². The molecular formula is C26H32O6. The van der Waals surface area contributed by atoms with Crippen LogP contribution >= 0.6 is 0 Å². The molecule has 0 bridgehead atoms. The van der Waals surface area contributed by atoms with Gasteiger partial charge in [-0.25, -0.2) is 0 Å². The van der Waals surface area contributed by atoms with E-state index in [0.29, 0.717) is 30.6 Å². The van der Waals surface area contributed by atoms with Gasteiger partial charge in [0, 0.05) is 29.7 Å². The predicted octanol–water partition coefficient (Wildman–Crippen LogP) is 5.35. The summed E-state index contributed by atoms with van der Waals surface area (Å²) in [5, 5.41) is 40.4. The molecule has 0 saturated heterocycles. The number of phenolic OH excluding ortho intramolecular Hbond substituents is 4. The van der Waals surface area contributed by atoms with E-state index in [0.717, 1.165) is 34.4 Å². The van der Waals surface area contributed by atoms with Gasteiger partial charge >= 0.3 is 0 Å². The minimum absolute atomic E-state index is 0.00156. The summed E-state index contributed by atoms with van der Waals surface area (Å²) in [4.78, 5) is 12.7. The second kappa shape index (κ2) is 10.8. The number of carbonyl (C=O) groups excluding carboxylic acids is 1. The first-order valence-corrected chi connectivity index (χ1v) is 10.5. The molecule has 0 atom stereocenters. The van der Waals surface area contributed by atoms with Gasteiger partial charge in [-0.2, -0.15) is 0 Å². The number of benzene rings is 2. The van der Waals surface area contributed by atoms with Gasteiger partial charge in [0.05, 0.1) is 7.11 Å². The fourth-order valence-corrected chi connectivity index (χ4v) is 3.51. The number of allylic oxidation sites excluding steroid dienone is 4. The molecule has 0 aliphatic carbocycles. The van der Waals surface area contributed by atoms with E-state index in [9.17, 15) is 25.2 Å². The van der Waals surface area contributed by atoms with Crippen LogP contribution in [0.4, 0.5) is 0 Å². The summed E-state index contributed by atoms with van der Waals surface area (Å²) in [5.41, 5.74) is 4.29. The van der Waals surface area contributed by atoms with Crippen LogP contribution in [0.1, 0.15) is 61.2 Å². The van der Waals surface area contributed by atoms with Crippen LogP contribution in [-0.2, 0) is 19.3 Å². The van der Waals surface area contributed by atoms with Crippen LogP contribution in [0.2, 0.25) is 0 Å². The third kappa shape index (κ3) is 6.06. The number of ketones is 1. The van der Waals surface area contributed by atoms with Gasteiger partial charge in [0.15, 0.2) is 17.3 Å². The predicted molar refractivity (Wildman–Crippen MR) is 125 cm³/mol. The van der Waals surface area contributed by atoms with Gasteiger partial charge in [-0.3, -0.25) is 4.79 Å². The molecule has 0 spiro atoms. The summed E-state index contributed by atoms with van der Waals surface area (Å²) < 4.78 is 5.49. The summed E-state index contributed by atoms with van der Waals surface area (Å²) in [7, 11) is 1.52. The average Bonchev–Trinajstić information content (AvgIpc) is 2.68. The SMILES string of the molecule is COc1c(CC=C(C)C)cc(CCC(=O)c2c(O)cc(O)cc2O)c(CC=C(C)C)c1O. The molecule has 0 saturated carbocycles. The van der Waals surface area contributed by atoms with Crippen molar-refractivity contribution in [2.75, 3.05) is 7.11 Å². The minimum Gasteiger partial charge on any atom is -0.508 e. The number of Topliss-reactive ketones (excluding diaryl/α,β-unsaturated/α-hetero) is 1. The lowest BCUT2D eigenvalue weighted by Gasteiger charge is -2.18. The van der Waals surface area contributed by atoms with Crippen molar-refractivity contribution < 1.29 is 30.0 Å². The second-order valence-electron chi connectivity index (χ2n) is 8.31. The van der Waals surface area contributed by atoms with Gasteiger partial charge in [-0.15, -0.1) is 0 Å². The zero-order chi connectivity index (χ0) is 24.0. The summed E-state index contributed by atoms with van der Waals surface area (Å²) in [6, 6.07) is 3.98. The van der Waals surface area contributed by atoms with Gasteiger partial charge in [-0.1, -0.05) is 29.4 Å². The van der Waals surface area contributed by atoms with Crippen LogP contribution in [0.15, 0.2) is 41.5 Å². The van der Waals surface area contributed by atoms with Crippen molar-refractivity contribution in [2.24, 2.45) is 0 Å². The van der Waals surface area contributed by atoms with Crippen LogP contribution in [0.5, 0.6) is 28.7 Å². The quantitative estimate of drug-likeness (QED) is 0.309. The number of ether oxygens (including phenoxy) is 1. The lowest BCUT2D eigenvalue weighted by molar-refractivity contribution is 0.0977. The standard InChI is InChI=1S/C26H32O6/c1-15(2)6-8-18-12-17(20(10-7-16(3)4)25(31)26(18)32-5)9-11-21(28)24-22(29)13-19(27)14-23(24)30/h6-7,12-14,27,29-31H,8-11H2,1-5H3. The first-order chi connectivity index (χ1) is 15.0. The first kappa shape index (κ1) is 24.9. The molecule has 2 aromatic rings. The van der Waals surface area contributed by atoms with E-state index < -0.39 is 17.3 Å². The molecule has 2 rings (SSSR count). The molecule has 2 aromatic carbocycles. The molecule has 0 aliphatic rings. The molecule has 6 nitrogen and oxygen atoms in total. The van der Waals surface area contributed by atoms with Gasteiger partial charge in [0.1, 0.15) is 22.8 Å². The summed E-state index contributed by atoms with van der Waals surface area (Å²) in [6.45, 7) is 7.92. The Hall–Kier alpha value is -3.41. The van der Waals surface area contributed by atoms with Crippen molar-refractivity contribution in [3.63, 3.8) is 0 Å². The number of hydrogen-bond donors (Lipinski definition) is 4. The van der Waals surface area contributed by atoms with E-state index in [4.69, 9.17) is 4.74 Å². The number of rotatable bonds is 9. The number of hydrogen-bond acceptors (Lipinski definition) is 6. The number of carbonyl (C=O) groups is 1. The molecule has 6 heteroatoms. The van der Waals surface area contributed by atoms with E-state index in [1.807, 2.05) is 45.9 Å². The van der Waals surface area contributed by atoms with Crippen molar-refractivity contribution in [2.45, 2.75) is 53.4 Å². The van der Waals surface area contributed by atoms with E-state index in [-0.39, 0.29) is 23.5 Å². The molecule has 172 valence electrons. The third-order valence-corrected chi connectivity index (χ3v) is 5.16.